The van der Waals surface area contributed by atoms with Crippen molar-refractivity contribution < 1.29 is 4.42 Å². The maximum Gasteiger partial charge on any atom is 0.123 e. The quantitative estimate of drug-likeness (QED) is 0.836. The third-order valence-electron chi connectivity index (χ3n) is 3.49. The van der Waals surface area contributed by atoms with Crippen LogP contribution in [0, 0.1) is 6.92 Å². The monoisotopic (exact) mass is 242 g/mol. The average molecular weight is 242 g/mol. The first-order chi connectivity index (χ1) is 8.74. The zero-order chi connectivity index (χ0) is 12.5. The summed E-state index contributed by atoms with van der Waals surface area (Å²) in [5.74, 6) is 1.00. The largest absolute Gasteiger partial charge is 0.467 e. The summed E-state index contributed by atoms with van der Waals surface area (Å²) < 4.78 is 5.44. The fourth-order valence-corrected chi connectivity index (χ4v) is 2.19. The molecule has 1 saturated carbocycles. The standard InChI is InChI=1S/C15H18N2O/c1-11-4-5-13(9-15(11)16)17(12-6-7-12)10-14-3-2-8-18-14/h2-5,8-9,12H,6-7,10,16H2,1H3. The number of benzene rings is 1. The number of aryl methyl sites for hydroxylation is 1. The van der Waals surface area contributed by atoms with Gasteiger partial charge >= 0.3 is 0 Å². The lowest BCUT2D eigenvalue weighted by Crippen LogP contribution is -2.24. The van der Waals surface area contributed by atoms with Crippen molar-refractivity contribution >= 4 is 11.4 Å². The van der Waals surface area contributed by atoms with E-state index in [0.717, 1.165) is 23.6 Å². The van der Waals surface area contributed by atoms with E-state index < -0.39 is 0 Å². The van der Waals surface area contributed by atoms with Crippen molar-refractivity contribution in [3.63, 3.8) is 0 Å². The second-order valence-corrected chi connectivity index (χ2v) is 4.98. The van der Waals surface area contributed by atoms with Crippen molar-refractivity contribution in [3.8, 4) is 0 Å². The molecule has 0 saturated heterocycles. The van der Waals surface area contributed by atoms with Crippen LogP contribution < -0.4 is 10.6 Å². The SMILES string of the molecule is Cc1ccc(N(Cc2ccco2)C2CC2)cc1N. The van der Waals surface area contributed by atoms with Crippen LogP contribution in [0.5, 0.6) is 0 Å². The van der Waals surface area contributed by atoms with E-state index in [4.69, 9.17) is 10.2 Å². The Morgan fingerprint density at radius 2 is 2.17 bits per heavy atom. The molecule has 1 aliphatic rings. The van der Waals surface area contributed by atoms with Crippen molar-refractivity contribution in [2.45, 2.75) is 32.4 Å². The summed E-state index contributed by atoms with van der Waals surface area (Å²) in [6, 6.07) is 10.9. The summed E-state index contributed by atoms with van der Waals surface area (Å²) in [5.41, 5.74) is 9.18. The van der Waals surface area contributed by atoms with Gasteiger partial charge in [0.1, 0.15) is 5.76 Å². The summed E-state index contributed by atoms with van der Waals surface area (Å²) in [4.78, 5) is 2.38. The molecule has 0 unspecified atom stereocenters. The smallest absolute Gasteiger partial charge is 0.123 e. The Balaban J connectivity index is 1.86. The summed E-state index contributed by atoms with van der Waals surface area (Å²) in [6.45, 7) is 2.85. The Hall–Kier alpha value is -1.90. The van der Waals surface area contributed by atoms with Gasteiger partial charge < -0.3 is 15.1 Å². The molecule has 1 heterocycles. The number of nitrogen functional groups attached to an aromatic ring is 1. The molecule has 2 N–H and O–H groups in total. The zero-order valence-corrected chi connectivity index (χ0v) is 10.6. The lowest BCUT2D eigenvalue weighted by Gasteiger charge is -2.24. The van der Waals surface area contributed by atoms with Crippen molar-refractivity contribution in [2.75, 3.05) is 10.6 Å². The number of nitrogens with two attached hydrogens (primary N) is 1. The van der Waals surface area contributed by atoms with Gasteiger partial charge in [0.15, 0.2) is 0 Å². The topological polar surface area (TPSA) is 42.4 Å². The zero-order valence-electron chi connectivity index (χ0n) is 10.6. The van der Waals surface area contributed by atoms with E-state index in [2.05, 4.69) is 23.1 Å². The van der Waals surface area contributed by atoms with Gasteiger partial charge in [-0.05, 0) is 49.6 Å². The minimum absolute atomic E-state index is 0.636. The van der Waals surface area contributed by atoms with Crippen LogP contribution in [0.4, 0.5) is 11.4 Å². The molecule has 1 aliphatic carbocycles. The van der Waals surface area contributed by atoms with Gasteiger partial charge in [-0.25, -0.2) is 0 Å². The first-order valence-electron chi connectivity index (χ1n) is 6.39. The summed E-state index contributed by atoms with van der Waals surface area (Å²) in [5, 5.41) is 0. The maximum atomic E-state index is 6.00. The van der Waals surface area contributed by atoms with Crippen molar-refractivity contribution in [1.29, 1.82) is 0 Å². The summed E-state index contributed by atoms with van der Waals surface area (Å²) in [7, 11) is 0. The molecule has 2 aromatic rings. The number of hydrogen-bond donors (Lipinski definition) is 1. The second-order valence-electron chi connectivity index (χ2n) is 4.98. The van der Waals surface area contributed by atoms with E-state index in [-0.39, 0.29) is 0 Å². The van der Waals surface area contributed by atoms with E-state index in [9.17, 15) is 0 Å². The number of anilines is 2. The molecule has 18 heavy (non-hydrogen) atoms. The summed E-state index contributed by atoms with van der Waals surface area (Å²) in [6.07, 6.45) is 4.24. The highest BCUT2D eigenvalue weighted by molar-refractivity contribution is 5.60. The fourth-order valence-electron chi connectivity index (χ4n) is 2.19. The average Bonchev–Trinajstić information content (AvgIpc) is 3.07. The molecule has 0 spiro atoms. The van der Waals surface area contributed by atoms with Crippen LogP contribution in [0.1, 0.15) is 24.2 Å². The van der Waals surface area contributed by atoms with Crippen LogP contribution in [0.25, 0.3) is 0 Å². The van der Waals surface area contributed by atoms with E-state index in [1.165, 1.54) is 18.5 Å². The molecule has 3 rings (SSSR count). The molecule has 0 radical (unpaired) electrons. The molecule has 1 aromatic heterocycles. The van der Waals surface area contributed by atoms with Gasteiger partial charge in [-0.3, -0.25) is 0 Å². The second kappa shape index (κ2) is 4.41. The molecule has 0 aliphatic heterocycles. The van der Waals surface area contributed by atoms with E-state index in [1.807, 2.05) is 19.1 Å². The molecule has 3 nitrogen and oxygen atoms in total. The third-order valence-corrected chi connectivity index (χ3v) is 3.49. The lowest BCUT2D eigenvalue weighted by molar-refractivity contribution is 0.501. The molecule has 0 atom stereocenters. The van der Waals surface area contributed by atoms with Gasteiger partial charge in [0.2, 0.25) is 0 Å². The van der Waals surface area contributed by atoms with Gasteiger partial charge in [0.05, 0.1) is 12.8 Å². The van der Waals surface area contributed by atoms with E-state index in [0.29, 0.717) is 6.04 Å². The normalized spacial score (nSPS) is 14.7. The van der Waals surface area contributed by atoms with Gasteiger partial charge in [0.25, 0.3) is 0 Å². The van der Waals surface area contributed by atoms with Gasteiger partial charge in [-0.1, -0.05) is 6.07 Å². The van der Waals surface area contributed by atoms with Crippen LogP contribution in [-0.2, 0) is 6.54 Å². The highest BCUT2D eigenvalue weighted by atomic mass is 16.3. The first kappa shape index (κ1) is 11.2. The van der Waals surface area contributed by atoms with Crippen LogP contribution in [0.15, 0.2) is 41.0 Å². The Morgan fingerprint density at radius 1 is 1.33 bits per heavy atom. The van der Waals surface area contributed by atoms with Crippen molar-refractivity contribution in [1.82, 2.24) is 0 Å². The van der Waals surface area contributed by atoms with Crippen LogP contribution in [-0.4, -0.2) is 6.04 Å². The molecule has 0 bridgehead atoms. The highest BCUT2D eigenvalue weighted by Crippen LogP contribution is 2.34. The van der Waals surface area contributed by atoms with Gasteiger partial charge in [-0.15, -0.1) is 0 Å². The Labute approximate surface area is 107 Å². The summed E-state index contributed by atoms with van der Waals surface area (Å²) >= 11 is 0. The molecule has 1 aromatic carbocycles. The highest BCUT2D eigenvalue weighted by Gasteiger charge is 2.29. The predicted molar refractivity (Wildman–Crippen MR) is 73.5 cm³/mol. The first-order valence-corrected chi connectivity index (χ1v) is 6.39. The van der Waals surface area contributed by atoms with Gasteiger partial charge in [0, 0.05) is 17.4 Å². The molecule has 3 heteroatoms. The fraction of sp³-hybridized carbons (Fsp3) is 0.333. The molecule has 94 valence electrons. The van der Waals surface area contributed by atoms with Crippen molar-refractivity contribution in [2.24, 2.45) is 0 Å². The Kier molecular flexibility index (Phi) is 2.74. The molecular weight excluding hydrogens is 224 g/mol. The lowest BCUT2D eigenvalue weighted by atomic mass is 10.1. The number of nitrogens with zero attached hydrogens (tertiary/aromatic N) is 1. The third kappa shape index (κ3) is 2.21. The minimum Gasteiger partial charge on any atom is -0.467 e. The maximum absolute atomic E-state index is 6.00. The van der Waals surface area contributed by atoms with Crippen LogP contribution in [0.2, 0.25) is 0 Å². The Morgan fingerprint density at radius 3 is 2.78 bits per heavy atom. The van der Waals surface area contributed by atoms with E-state index in [1.54, 1.807) is 6.26 Å². The molecule has 1 fully saturated rings. The Bertz CT molecular complexity index is 529. The minimum atomic E-state index is 0.636. The van der Waals surface area contributed by atoms with Gasteiger partial charge in [-0.2, -0.15) is 0 Å². The number of furan rings is 1. The number of rotatable bonds is 4. The van der Waals surface area contributed by atoms with Crippen LogP contribution in [0.3, 0.4) is 0 Å². The number of hydrogen-bond acceptors (Lipinski definition) is 3. The molecule has 0 amide bonds. The van der Waals surface area contributed by atoms with Crippen molar-refractivity contribution in [3.05, 3.63) is 47.9 Å². The van der Waals surface area contributed by atoms with E-state index >= 15 is 0 Å². The molecular formula is C15H18N2O. The van der Waals surface area contributed by atoms with Crippen LogP contribution >= 0.6 is 0 Å². The predicted octanol–water partition coefficient (Wildman–Crippen LogP) is 3.34.